The summed E-state index contributed by atoms with van der Waals surface area (Å²) in [5.74, 6) is -0.998. The minimum Gasteiger partial charge on any atom is -0.485 e. The quantitative estimate of drug-likeness (QED) is 0.556. The Labute approximate surface area is 104 Å². The van der Waals surface area contributed by atoms with Gasteiger partial charge in [-0.2, -0.15) is 0 Å². The Morgan fingerprint density at radius 1 is 1.56 bits per heavy atom. The molecule has 1 unspecified atom stereocenters. The molecule has 1 rings (SSSR count). The van der Waals surface area contributed by atoms with Gasteiger partial charge in [-0.25, -0.2) is 0 Å². The Balaban J connectivity index is 2.73. The molecule has 1 aromatic carbocycles. The summed E-state index contributed by atoms with van der Waals surface area (Å²) in [5, 5.41) is 22.3. The van der Waals surface area contributed by atoms with E-state index in [1.807, 2.05) is 0 Å². The molecule has 1 atom stereocenters. The van der Waals surface area contributed by atoms with Gasteiger partial charge in [-0.1, -0.05) is 19.1 Å². The highest BCUT2D eigenvalue weighted by atomic mass is 16.6. The van der Waals surface area contributed by atoms with Crippen LogP contribution in [0.15, 0.2) is 24.3 Å². The Bertz CT molecular complexity index is 435. The third-order valence-electron chi connectivity index (χ3n) is 2.22. The number of nitro groups is 1. The molecular weight excluding hydrogens is 240 g/mol. The molecule has 98 valence electrons. The number of carboxylic acid groups (broad SMARTS) is 1. The van der Waals surface area contributed by atoms with Crippen LogP contribution >= 0.6 is 0 Å². The van der Waals surface area contributed by atoms with Crippen LogP contribution in [0.1, 0.15) is 6.92 Å². The summed E-state index contributed by atoms with van der Waals surface area (Å²) in [5.41, 5.74) is -0.182. The van der Waals surface area contributed by atoms with Crippen molar-refractivity contribution >= 4 is 11.7 Å². The maximum absolute atomic E-state index is 10.9. The van der Waals surface area contributed by atoms with E-state index in [4.69, 9.17) is 9.84 Å². The molecule has 0 aliphatic carbocycles. The van der Waals surface area contributed by atoms with Crippen LogP contribution in [0, 0.1) is 10.1 Å². The van der Waals surface area contributed by atoms with Crippen LogP contribution in [0.2, 0.25) is 0 Å². The highest BCUT2D eigenvalue weighted by Crippen LogP contribution is 2.25. The van der Waals surface area contributed by atoms with Crippen LogP contribution < -0.4 is 10.1 Å². The summed E-state index contributed by atoms with van der Waals surface area (Å²) in [4.78, 5) is 21.0. The number of hydrogen-bond acceptors (Lipinski definition) is 5. The zero-order valence-corrected chi connectivity index (χ0v) is 9.83. The molecule has 0 aliphatic heterocycles. The van der Waals surface area contributed by atoms with Crippen LogP contribution in [0.25, 0.3) is 0 Å². The fraction of sp³-hybridized carbons (Fsp3) is 0.364. The third kappa shape index (κ3) is 3.70. The molecule has 0 heterocycles. The Morgan fingerprint density at radius 3 is 2.78 bits per heavy atom. The molecule has 0 fully saturated rings. The van der Waals surface area contributed by atoms with E-state index in [0.29, 0.717) is 6.54 Å². The minimum atomic E-state index is -1.06. The molecule has 18 heavy (non-hydrogen) atoms. The number of nitrogens with zero attached hydrogens (tertiary/aromatic N) is 1. The average molecular weight is 254 g/mol. The molecule has 0 aliphatic rings. The maximum atomic E-state index is 10.9. The Kier molecular flexibility index (Phi) is 5.06. The van der Waals surface area contributed by atoms with Crippen molar-refractivity contribution in [1.29, 1.82) is 0 Å². The van der Waals surface area contributed by atoms with Gasteiger partial charge in [0.25, 0.3) is 0 Å². The number of likely N-dealkylation sites (N-methyl/N-ethyl adjacent to an activating group) is 1. The van der Waals surface area contributed by atoms with Gasteiger partial charge in [-0.05, 0) is 12.6 Å². The number of hydrogen-bond donors (Lipinski definition) is 2. The van der Waals surface area contributed by atoms with E-state index in [1.54, 1.807) is 13.0 Å². The van der Waals surface area contributed by atoms with E-state index in [-0.39, 0.29) is 18.0 Å². The normalized spacial score (nSPS) is 11.8. The van der Waals surface area contributed by atoms with Crippen molar-refractivity contribution in [3.05, 3.63) is 34.4 Å². The van der Waals surface area contributed by atoms with Gasteiger partial charge in [0.1, 0.15) is 12.6 Å². The highest BCUT2D eigenvalue weighted by molar-refractivity contribution is 5.73. The van der Waals surface area contributed by atoms with Gasteiger partial charge >= 0.3 is 11.7 Å². The largest absolute Gasteiger partial charge is 0.485 e. The van der Waals surface area contributed by atoms with Gasteiger partial charge in [0.2, 0.25) is 0 Å². The fourth-order valence-corrected chi connectivity index (χ4v) is 1.37. The maximum Gasteiger partial charge on any atom is 0.324 e. The summed E-state index contributed by atoms with van der Waals surface area (Å²) >= 11 is 0. The lowest BCUT2D eigenvalue weighted by molar-refractivity contribution is -0.385. The molecule has 0 aromatic heterocycles. The first-order chi connectivity index (χ1) is 8.56. The first-order valence-electron chi connectivity index (χ1n) is 5.38. The Morgan fingerprint density at radius 2 is 2.22 bits per heavy atom. The van der Waals surface area contributed by atoms with Gasteiger partial charge in [-0.3, -0.25) is 14.9 Å². The number of ether oxygens (including phenoxy) is 1. The first kappa shape index (κ1) is 13.9. The van der Waals surface area contributed by atoms with E-state index in [0.717, 1.165) is 0 Å². The lowest BCUT2D eigenvalue weighted by Gasteiger charge is -2.14. The summed E-state index contributed by atoms with van der Waals surface area (Å²) in [6, 6.07) is 4.95. The number of aliphatic carboxylic acids is 1. The predicted octanol–water partition coefficient (Wildman–Crippen LogP) is 1.04. The standard InChI is InChI=1S/C11H14N2O5/c1-2-12-8(11(14)15)7-18-10-6-4-3-5-9(10)13(16)17/h3-6,8,12H,2,7H2,1H3,(H,14,15). The topological polar surface area (TPSA) is 102 Å². The zero-order chi connectivity index (χ0) is 13.5. The first-order valence-corrected chi connectivity index (χ1v) is 5.38. The van der Waals surface area contributed by atoms with Gasteiger partial charge in [0.15, 0.2) is 5.75 Å². The van der Waals surface area contributed by atoms with Crippen molar-refractivity contribution in [2.24, 2.45) is 0 Å². The second kappa shape index (κ2) is 6.55. The SMILES string of the molecule is CCNC(COc1ccccc1[N+](=O)[O-])C(=O)O. The highest BCUT2D eigenvalue weighted by Gasteiger charge is 2.19. The summed E-state index contributed by atoms with van der Waals surface area (Å²) in [6.45, 7) is 2.06. The summed E-state index contributed by atoms with van der Waals surface area (Å²) in [7, 11) is 0. The van der Waals surface area contributed by atoms with Crippen LogP contribution in [0.5, 0.6) is 5.75 Å². The molecule has 1 aromatic rings. The molecular formula is C11H14N2O5. The van der Waals surface area contributed by atoms with E-state index in [1.165, 1.54) is 18.2 Å². The molecule has 7 nitrogen and oxygen atoms in total. The van der Waals surface area contributed by atoms with Crippen LogP contribution in [0.4, 0.5) is 5.69 Å². The summed E-state index contributed by atoms with van der Waals surface area (Å²) in [6.07, 6.45) is 0. The lowest BCUT2D eigenvalue weighted by Crippen LogP contribution is -2.41. The number of para-hydroxylation sites is 2. The third-order valence-corrected chi connectivity index (χ3v) is 2.22. The number of rotatable bonds is 7. The van der Waals surface area contributed by atoms with Crippen LogP contribution in [-0.2, 0) is 4.79 Å². The summed E-state index contributed by atoms with van der Waals surface area (Å²) < 4.78 is 5.19. The monoisotopic (exact) mass is 254 g/mol. The van der Waals surface area contributed by atoms with Crippen molar-refractivity contribution in [2.45, 2.75) is 13.0 Å². The molecule has 0 saturated carbocycles. The van der Waals surface area contributed by atoms with Crippen molar-refractivity contribution in [2.75, 3.05) is 13.2 Å². The second-order valence-corrected chi connectivity index (χ2v) is 3.48. The van der Waals surface area contributed by atoms with Crippen molar-refractivity contribution in [1.82, 2.24) is 5.32 Å². The predicted molar refractivity (Wildman–Crippen MR) is 63.7 cm³/mol. The lowest BCUT2D eigenvalue weighted by atomic mass is 10.3. The number of nitro benzene ring substituents is 1. The minimum absolute atomic E-state index is 0.0617. The van der Waals surface area contributed by atoms with Gasteiger partial charge < -0.3 is 15.2 Å². The van der Waals surface area contributed by atoms with E-state index < -0.39 is 16.9 Å². The second-order valence-electron chi connectivity index (χ2n) is 3.48. The fourth-order valence-electron chi connectivity index (χ4n) is 1.37. The molecule has 0 bridgehead atoms. The van der Waals surface area contributed by atoms with Crippen LogP contribution in [-0.4, -0.2) is 35.2 Å². The van der Waals surface area contributed by atoms with Crippen molar-refractivity contribution in [3.63, 3.8) is 0 Å². The molecule has 0 amide bonds. The molecule has 0 radical (unpaired) electrons. The Hall–Kier alpha value is -2.15. The smallest absolute Gasteiger partial charge is 0.324 e. The van der Waals surface area contributed by atoms with Gasteiger partial charge in [0, 0.05) is 6.07 Å². The molecule has 2 N–H and O–H groups in total. The number of nitrogens with one attached hydrogen (secondary N) is 1. The zero-order valence-electron chi connectivity index (χ0n) is 9.83. The number of carbonyl (C=O) groups is 1. The molecule has 0 saturated heterocycles. The average Bonchev–Trinajstić information content (AvgIpc) is 2.34. The van der Waals surface area contributed by atoms with Crippen LogP contribution in [0.3, 0.4) is 0 Å². The van der Waals surface area contributed by atoms with E-state index in [9.17, 15) is 14.9 Å². The number of benzene rings is 1. The molecule has 0 spiro atoms. The van der Waals surface area contributed by atoms with E-state index in [2.05, 4.69) is 5.32 Å². The van der Waals surface area contributed by atoms with E-state index >= 15 is 0 Å². The molecule has 7 heteroatoms. The van der Waals surface area contributed by atoms with Crippen molar-refractivity contribution in [3.8, 4) is 5.75 Å². The van der Waals surface area contributed by atoms with Crippen molar-refractivity contribution < 1.29 is 19.6 Å². The van der Waals surface area contributed by atoms with Gasteiger partial charge in [0.05, 0.1) is 4.92 Å². The number of carboxylic acids is 1. The van der Waals surface area contributed by atoms with Gasteiger partial charge in [-0.15, -0.1) is 0 Å².